The summed E-state index contributed by atoms with van der Waals surface area (Å²) in [6.45, 7) is 4.34. The third kappa shape index (κ3) is 3.76. The molecule has 1 amide bonds. The van der Waals surface area contributed by atoms with E-state index in [1.165, 1.54) is 0 Å². The maximum atomic E-state index is 11.8. The zero-order chi connectivity index (χ0) is 16.8. The summed E-state index contributed by atoms with van der Waals surface area (Å²) < 4.78 is 6.92. The molecule has 0 aliphatic rings. The number of ether oxygens (including phenoxy) is 1. The predicted octanol–water partition coefficient (Wildman–Crippen LogP) is 4.77. The third-order valence-corrected chi connectivity index (χ3v) is 4.33. The summed E-state index contributed by atoms with van der Waals surface area (Å²) in [6, 6.07) is 9.47. The molecule has 1 unspecified atom stereocenters. The third-order valence-electron chi connectivity index (χ3n) is 4.33. The van der Waals surface area contributed by atoms with Crippen LogP contribution in [-0.4, -0.2) is 17.7 Å². The highest BCUT2D eigenvalue weighted by atomic mass is 16.5. The van der Waals surface area contributed by atoms with Gasteiger partial charge in [-0.3, -0.25) is 4.57 Å². The van der Waals surface area contributed by atoms with Gasteiger partial charge in [-0.1, -0.05) is 38.8 Å². The van der Waals surface area contributed by atoms with Crippen LogP contribution in [0.1, 0.15) is 51.1 Å². The average Bonchev–Trinajstić information content (AvgIpc) is 3.01. The number of hydrogen-bond acceptors (Lipinski definition) is 2. The zero-order valence-corrected chi connectivity index (χ0v) is 14.2. The Morgan fingerprint density at radius 3 is 2.70 bits per heavy atom. The number of aromatic nitrogens is 1. The summed E-state index contributed by atoms with van der Waals surface area (Å²) in [4.78, 5) is 11.8. The Morgan fingerprint density at radius 1 is 1.30 bits per heavy atom. The lowest BCUT2D eigenvalue weighted by molar-refractivity contribution is 0.249. The molecule has 0 spiro atoms. The van der Waals surface area contributed by atoms with E-state index in [2.05, 4.69) is 13.8 Å². The van der Waals surface area contributed by atoms with Gasteiger partial charge in [-0.25, -0.2) is 4.79 Å². The molecule has 0 radical (unpaired) electrons. The molecule has 4 nitrogen and oxygen atoms in total. The molecular weight excluding hydrogens is 288 g/mol. The maximum absolute atomic E-state index is 11.8. The molecule has 2 aromatic rings. The van der Waals surface area contributed by atoms with Crippen molar-refractivity contribution in [2.24, 2.45) is 5.73 Å². The average molecular weight is 314 g/mol. The van der Waals surface area contributed by atoms with E-state index in [1.807, 2.05) is 30.3 Å². The molecular formula is C19H26N2O2. The van der Waals surface area contributed by atoms with E-state index in [0.717, 1.165) is 48.3 Å². The summed E-state index contributed by atoms with van der Waals surface area (Å²) in [5.41, 5.74) is 8.71. The topological polar surface area (TPSA) is 57.2 Å². The molecule has 1 aromatic heterocycles. The fourth-order valence-corrected chi connectivity index (χ4v) is 3.07. The minimum atomic E-state index is -0.427. The lowest BCUT2D eigenvalue weighted by Crippen LogP contribution is -2.22. The molecule has 2 N–H and O–H groups in total. The number of rotatable bonds is 7. The van der Waals surface area contributed by atoms with Crippen molar-refractivity contribution in [3.63, 3.8) is 0 Å². The van der Waals surface area contributed by atoms with Gasteiger partial charge in [-0.15, -0.1) is 0 Å². The van der Waals surface area contributed by atoms with Crippen LogP contribution in [0.25, 0.3) is 11.1 Å². The Kier molecular flexibility index (Phi) is 5.85. The van der Waals surface area contributed by atoms with Gasteiger partial charge in [0.25, 0.3) is 0 Å². The predicted molar refractivity (Wildman–Crippen MR) is 94.0 cm³/mol. The molecule has 0 bridgehead atoms. The number of hydrogen-bond donors (Lipinski definition) is 1. The van der Waals surface area contributed by atoms with Gasteiger partial charge < -0.3 is 10.5 Å². The summed E-state index contributed by atoms with van der Waals surface area (Å²) in [7, 11) is 1.66. The van der Waals surface area contributed by atoms with Crippen molar-refractivity contribution < 1.29 is 9.53 Å². The Balaban J connectivity index is 2.52. The molecule has 2 rings (SSSR count). The van der Waals surface area contributed by atoms with Crippen LogP contribution < -0.4 is 10.5 Å². The number of unbranched alkanes of at least 4 members (excludes halogenated alkanes) is 1. The van der Waals surface area contributed by atoms with E-state index in [0.29, 0.717) is 5.92 Å². The summed E-state index contributed by atoms with van der Waals surface area (Å²) in [5.74, 6) is 1.13. The number of carbonyl (C=O) groups is 1. The van der Waals surface area contributed by atoms with Crippen molar-refractivity contribution in [2.45, 2.75) is 45.4 Å². The highest BCUT2D eigenvalue weighted by molar-refractivity contribution is 5.80. The largest absolute Gasteiger partial charge is 0.497 e. The number of primary amides is 1. The second kappa shape index (κ2) is 7.86. The van der Waals surface area contributed by atoms with Gasteiger partial charge in [0.1, 0.15) is 5.75 Å². The second-order valence-electron chi connectivity index (χ2n) is 5.80. The Bertz CT molecular complexity index is 661. The molecule has 4 heteroatoms. The van der Waals surface area contributed by atoms with Crippen LogP contribution in [0.2, 0.25) is 0 Å². The van der Waals surface area contributed by atoms with Crippen molar-refractivity contribution in [3.05, 3.63) is 42.2 Å². The Labute approximate surface area is 138 Å². The van der Waals surface area contributed by atoms with Crippen LogP contribution in [0.3, 0.4) is 0 Å². The van der Waals surface area contributed by atoms with Crippen molar-refractivity contribution in [1.82, 2.24) is 4.57 Å². The standard InChI is InChI=1S/C19H26N2O2/c1-4-6-8-14(5-2)18-17(11-12-21(18)19(20)22)15-9-7-10-16(13-15)23-3/h7,9-14H,4-6,8H2,1-3H3,(H2,20,22). The minimum absolute atomic E-state index is 0.318. The molecule has 124 valence electrons. The summed E-state index contributed by atoms with van der Waals surface area (Å²) >= 11 is 0. The summed E-state index contributed by atoms with van der Waals surface area (Å²) in [6.07, 6.45) is 6.10. The molecule has 23 heavy (non-hydrogen) atoms. The van der Waals surface area contributed by atoms with Crippen LogP contribution in [0.5, 0.6) is 5.75 Å². The molecule has 0 aliphatic carbocycles. The SMILES string of the molecule is CCCCC(CC)c1c(-c2cccc(OC)c2)ccn1C(N)=O. The first-order valence-electron chi connectivity index (χ1n) is 8.27. The number of carbonyl (C=O) groups excluding carboxylic acids is 1. The normalized spacial score (nSPS) is 12.1. The van der Waals surface area contributed by atoms with Crippen LogP contribution in [-0.2, 0) is 0 Å². The fourth-order valence-electron chi connectivity index (χ4n) is 3.07. The lowest BCUT2D eigenvalue weighted by atomic mass is 9.91. The zero-order valence-electron chi connectivity index (χ0n) is 14.2. The number of benzene rings is 1. The molecule has 1 aromatic carbocycles. The molecule has 1 atom stereocenters. The highest BCUT2D eigenvalue weighted by Crippen LogP contribution is 2.36. The molecule has 0 saturated carbocycles. The van der Waals surface area contributed by atoms with Crippen molar-refractivity contribution in [3.8, 4) is 16.9 Å². The quantitative estimate of drug-likeness (QED) is 0.800. The lowest BCUT2D eigenvalue weighted by Gasteiger charge is -2.19. The van der Waals surface area contributed by atoms with Gasteiger partial charge in [0.2, 0.25) is 0 Å². The highest BCUT2D eigenvalue weighted by Gasteiger charge is 2.21. The number of nitrogens with zero attached hydrogens (tertiary/aromatic N) is 1. The Hall–Kier alpha value is -2.23. The number of nitrogens with two attached hydrogens (primary N) is 1. The van der Waals surface area contributed by atoms with E-state index < -0.39 is 6.03 Å². The molecule has 0 fully saturated rings. The van der Waals surface area contributed by atoms with E-state index in [4.69, 9.17) is 10.5 Å². The minimum Gasteiger partial charge on any atom is -0.497 e. The van der Waals surface area contributed by atoms with Crippen molar-refractivity contribution >= 4 is 6.03 Å². The van der Waals surface area contributed by atoms with E-state index in [1.54, 1.807) is 17.9 Å². The number of amides is 1. The van der Waals surface area contributed by atoms with E-state index in [-0.39, 0.29) is 0 Å². The Morgan fingerprint density at radius 2 is 2.09 bits per heavy atom. The van der Waals surface area contributed by atoms with Crippen molar-refractivity contribution in [2.75, 3.05) is 7.11 Å². The first kappa shape index (κ1) is 17.1. The maximum Gasteiger partial charge on any atom is 0.323 e. The molecule has 1 heterocycles. The monoisotopic (exact) mass is 314 g/mol. The van der Waals surface area contributed by atoms with Gasteiger partial charge in [0, 0.05) is 23.4 Å². The summed E-state index contributed by atoms with van der Waals surface area (Å²) in [5, 5.41) is 0. The van der Waals surface area contributed by atoms with E-state index >= 15 is 0 Å². The first-order valence-corrected chi connectivity index (χ1v) is 8.27. The fraction of sp³-hybridized carbons (Fsp3) is 0.421. The van der Waals surface area contributed by atoms with Crippen LogP contribution in [0, 0.1) is 0 Å². The molecule has 0 aliphatic heterocycles. The van der Waals surface area contributed by atoms with Crippen LogP contribution in [0.4, 0.5) is 4.79 Å². The smallest absolute Gasteiger partial charge is 0.323 e. The van der Waals surface area contributed by atoms with Gasteiger partial charge in [-0.2, -0.15) is 0 Å². The van der Waals surface area contributed by atoms with Gasteiger partial charge in [0.15, 0.2) is 0 Å². The van der Waals surface area contributed by atoms with Crippen LogP contribution >= 0.6 is 0 Å². The second-order valence-corrected chi connectivity index (χ2v) is 5.80. The molecule has 0 saturated heterocycles. The van der Waals surface area contributed by atoms with Crippen molar-refractivity contribution in [1.29, 1.82) is 0 Å². The van der Waals surface area contributed by atoms with Gasteiger partial charge in [-0.05, 0) is 36.6 Å². The van der Waals surface area contributed by atoms with Gasteiger partial charge >= 0.3 is 6.03 Å². The van der Waals surface area contributed by atoms with E-state index in [9.17, 15) is 4.79 Å². The van der Waals surface area contributed by atoms with Crippen LogP contribution in [0.15, 0.2) is 36.5 Å². The van der Waals surface area contributed by atoms with Gasteiger partial charge in [0.05, 0.1) is 7.11 Å². The first-order chi connectivity index (χ1) is 11.1. The number of methoxy groups -OCH3 is 1.